The van der Waals surface area contributed by atoms with Gasteiger partial charge in [-0.1, -0.05) is 60.7 Å². The first-order valence-corrected chi connectivity index (χ1v) is 10.4. The number of hydrogen-bond acceptors (Lipinski definition) is 3. The molecular formula is C26H25N3O3. The Balaban J connectivity index is 1.58. The number of benzene rings is 3. The highest BCUT2D eigenvalue weighted by Crippen LogP contribution is 2.19. The number of carbonyl (C=O) groups is 1. The van der Waals surface area contributed by atoms with Gasteiger partial charge in [-0.2, -0.15) is 0 Å². The van der Waals surface area contributed by atoms with E-state index in [-0.39, 0.29) is 18.1 Å². The third kappa shape index (κ3) is 5.16. The van der Waals surface area contributed by atoms with Crippen molar-refractivity contribution in [2.24, 2.45) is 0 Å². The van der Waals surface area contributed by atoms with E-state index in [1.165, 1.54) is 0 Å². The van der Waals surface area contributed by atoms with Crippen molar-refractivity contribution in [2.45, 2.75) is 19.6 Å². The minimum Gasteiger partial charge on any atom is -0.497 e. The Labute approximate surface area is 186 Å². The number of ether oxygens (including phenoxy) is 1. The van der Waals surface area contributed by atoms with Gasteiger partial charge in [0.25, 0.3) is 5.56 Å². The number of amides is 2. The van der Waals surface area contributed by atoms with Crippen molar-refractivity contribution >= 4 is 16.9 Å². The molecule has 4 aromatic rings. The lowest BCUT2D eigenvalue weighted by molar-refractivity contribution is 0.191. The molecule has 0 radical (unpaired) electrons. The van der Waals surface area contributed by atoms with E-state index < -0.39 is 0 Å². The van der Waals surface area contributed by atoms with Gasteiger partial charge in [0.15, 0.2) is 0 Å². The average Bonchev–Trinajstić information content (AvgIpc) is 2.83. The molecule has 2 N–H and O–H groups in total. The topological polar surface area (TPSA) is 74.4 Å². The van der Waals surface area contributed by atoms with Crippen molar-refractivity contribution < 1.29 is 9.53 Å². The first-order valence-electron chi connectivity index (χ1n) is 10.4. The van der Waals surface area contributed by atoms with E-state index in [1.54, 1.807) is 18.1 Å². The molecule has 6 heteroatoms. The summed E-state index contributed by atoms with van der Waals surface area (Å²) in [7, 11) is 1.59. The normalized spacial score (nSPS) is 10.7. The quantitative estimate of drug-likeness (QED) is 0.458. The maximum atomic E-state index is 13.1. The predicted octanol–water partition coefficient (Wildman–Crippen LogP) is 4.45. The van der Waals surface area contributed by atoms with Gasteiger partial charge in [0.05, 0.1) is 19.2 Å². The van der Waals surface area contributed by atoms with Crippen molar-refractivity contribution in [1.82, 2.24) is 15.2 Å². The third-order valence-electron chi connectivity index (χ3n) is 5.28. The number of rotatable bonds is 7. The van der Waals surface area contributed by atoms with Crippen molar-refractivity contribution in [3.63, 3.8) is 0 Å². The van der Waals surface area contributed by atoms with Gasteiger partial charge in [0, 0.05) is 24.7 Å². The summed E-state index contributed by atoms with van der Waals surface area (Å²) in [5.41, 5.74) is 3.00. The SMILES string of the molecule is COc1ccc2cc(CN(Cc3ccccc3)C(=O)NCc3ccccc3)c(=O)[nH]c2c1. The van der Waals surface area contributed by atoms with Gasteiger partial charge in [-0.15, -0.1) is 0 Å². The van der Waals surface area contributed by atoms with E-state index in [0.29, 0.717) is 29.9 Å². The molecule has 4 rings (SSSR count). The Morgan fingerprint density at radius 3 is 2.28 bits per heavy atom. The third-order valence-corrected chi connectivity index (χ3v) is 5.28. The molecule has 0 aliphatic rings. The van der Waals surface area contributed by atoms with Gasteiger partial charge in [-0.3, -0.25) is 4.79 Å². The summed E-state index contributed by atoms with van der Waals surface area (Å²) in [6.45, 7) is 0.993. The van der Waals surface area contributed by atoms with Crippen LogP contribution in [0.25, 0.3) is 10.9 Å². The molecular weight excluding hydrogens is 402 g/mol. The average molecular weight is 428 g/mol. The Hall–Kier alpha value is -4.06. The van der Waals surface area contributed by atoms with E-state index in [1.807, 2.05) is 78.9 Å². The molecule has 0 saturated carbocycles. The van der Waals surface area contributed by atoms with Crippen LogP contribution in [0.15, 0.2) is 89.7 Å². The molecule has 0 aliphatic carbocycles. The maximum absolute atomic E-state index is 13.1. The number of urea groups is 1. The zero-order valence-electron chi connectivity index (χ0n) is 17.9. The van der Waals surface area contributed by atoms with Crippen LogP contribution in [0.3, 0.4) is 0 Å². The molecule has 6 nitrogen and oxygen atoms in total. The fourth-order valence-corrected chi connectivity index (χ4v) is 3.56. The van der Waals surface area contributed by atoms with Crippen LogP contribution >= 0.6 is 0 Å². The summed E-state index contributed by atoms with van der Waals surface area (Å²) in [4.78, 5) is 30.4. The Bertz CT molecular complexity index is 1250. The standard InChI is InChI=1S/C26H25N3O3/c1-32-23-13-12-21-14-22(25(30)28-24(21)15-23)18-29(17-20-10-6-3-7-11-20)26(31)27-16-19-8-4-2-5-9-19/h2-15H,16-18H2,1H3,(H,27,31)(H,28,30). The van der Waals surface area contributed by atoms with Gasteiger partial charge in [0.1, 0.15) is 5.75 Å². The van der Waals surface area contributed by atoms with Gasteiger partial charge < -0.3 is 19.9 Å². The van der Waals surface area contributed by atoms with E-state index in [9.17, 15) is 9.59 Å². The minimum absolute atomic E-state index is 0.187. The molecule has 0 saturated heterocycles. The summed E-state index contributed by atoms with van der Waals surface area (Å²) in [6.07, 6.45) is 0. The first kappa shape index (κ1) is 21.2. The van der Waals surface area contributed by atoms with E-state index >= 15 is 0 Å². The van der Waals surface area contributed by atoms with Gasteiger partial charge in [-0.05, 0) is 34.7 Å². The number of nitrogens with zero attached hydrogens (tertiary/aromatic N) is 1. The number of hydrogen-bond donors (Lipinski definition) is 2. The van der Waals surface area contributed by atoms with Crippen LogP contribution in [0, 0.1) is 0 Å². The molecule has 0 spiro atoms. The zero-order chi connectivity index (χ0) is 22.3. The number of aromatic amines is 1. The van der Waals surface area contributed by atoms with Crippen molar-refractivity contribution in [2.75, 3.05) is 7.11 Å². The van der Waals surface area contributed by atoms with Gasteiger partial charge >= 0.3 is 6.03 Å². The molecule has 32 heavy (non-hydrogen) atoms. The number of nitrogens with one attached hydrogen (secondary N) is 2. The molecule has 3 aromatic carbocycles. The monoisotopic (exact) mass is 427 g/mol. The molecule has 0 bridgehead atoms. The highest BCUT2D eigenvalue weighted by Gasteiger charge is 2.17. The lowest BCUT2D eigenvalue weighted by Crippen LogP contribution is -2.39. The molecule has 0 unspecified atom stereocenters. The number of pyridine rings is 1. The Morgan fingerprint density at radius 1 is 0.906 bits per heavy atom. The van der Waals surface area contributed by atoms with Crippen LogP contribution in [-0.2, 0) is 19.6 Å². The minimum atomic E-state index is -0.230. The summed E-state index contributed by atoms with van der Waals surface area (Å²) in [5.74, 6) is 0.673. The molecule has 1 aromatic heterocycles. The summed E-state index contributed by atoms with van der Waals surface area (Å²) >= 11 is 0. The number of H-pyrrole nitrogens is 1. The molecule has 162 valence electrons. The summed E-state index contributed by atoms with van der Waals surface area (Å²) in [5, 5.41) is 3.85. The highest BCUT2D eigenvalue weighted by atomic mass is 16.5. The molecule has 1 heterocycles. The van der Waals surface area contributed by atoms with Crippen molar-refractivity contribution in [1.29, 1.82) is 0 Å². The lowest BCUT2D eigenvalue weighted by atomic mass is 10.1. The van der Waals surface area contributed by atoms with E-state index in [2.05, 4.69) is 10.3 Å². The summed E-state index contributed by atoms with van der Waals surface area (Å²) in [6, 6.07) is 26.6. The number of aromatic nitrogens is 1. The fraction of sp³-hybridized carbons (Fsp3) is 0.154. The molecule has 2 amide bonds. The lowest BCUT2D eigenvalue weighted by Gasteiger charge is -2.23. The van der Waals surface area contributed by atoms with Gasteiger partial charge in [0.2, 0.25) is 0 Å². The number of methoxy groups -OCH3 is 1. The van der Waals surface area contributed by atoms with Crippen LogP contribution in [0.1, 0.15) is 16.7 Å². The Morgan fingerprint density at radius 2 is 1.59 bits per heavy atom. The fourth-order valence-electron chi connectivity index (χ4n) is 3.56. The van der Waals surface area contributed by atoms with Crippen LogP contribution < -0.4 is 15.6 Å². The Kier molecular flexibility index (Phi) is 6.51. The largest absolute Gasteiger partial charge is 0.497 e. The predicted molar refractivity (Wildman–Crippen MR) is 125 cm³/mol. The van der Waals surface area contributed by atoms with Crippen LogP contribution in [0.2, 0.25) is 0 Å². The van der Waals surface area contributed by atoms with E-state index in [0.717, 1.165) is 16.5 Å². The molecule has 0 fully saturated rings. The second-order valence-electron chi connectivity index (χ2n) is 7.56. The molecule has 0 aliphatic heterocycles. The van der Waals surface area contributed by atoms with Crippen molar-refractivity contribution in [3.05, 3.63) is 112 Å². The molecule has 0 atom stereocenters. The van der Waals surface area contributed by atoms with Crippen molar-refractivity contribution in [3.8, 4) is 5.75 Å². The maximum Gasteiger partial charge on any atom is 0.318 e. The first-order chi connectivity index (χ1) is 15.6. The van der Waals surface area contributed by atoms with Gasteiger partial charge in [-0.25, -0.2) is 4.79 Å². The van der Waals surface area contributed by atoms with Crippen LogP contribution in [0.4, 0.5) is 4.79 Å². The smallest absolute Gasteiger partial charge is 0.318 e. The second-order valence-corrected chi connectivity index (χ2v) is 7.56. The van der Waals surface area contributed by atoms with Crippen LogP contribution in [-0.4, -0.2) is 23.0 Å². The number of fused-ring (bicyclic) bond motifs is 1. The highest BCUT2D eigenvalue weighted by molar-refractivity contribution is 5.80. The van der Waals surface area contributed by atoms with Crippen LogP contribution in [0.5, 0.6) is 5.75 Å². The zero-order valence-corrected chi connectivity index (χ0v) is 17.9. The second kappa shape index (κ2) is 9.83. The van der Waals surface area contributed by atoms with E-state index in [4.69, 9.17) is 4.74 Å². The summed E-state index contributed by atoms with van der Waals surface area (Å²) < 4.78 is 5.23. The number of carbonyl (C=O) groups excluding carboxylic acids is 1.